The number of nitrogens with one attached hydrogen (secondary N) is 3. The van der Waals surface area contributed by atoms with Gasteiger partial charge in [0.1, 0.15) is 18.0 Å². The van der Waals surface area contributed by atoms with Crippen molar-refractivity contribution in [3.63, 3.8) is 0 Å². The minimum atomic E-state index is -0.518. The van der Waals surface area contributed by atoms with Crippen LogP contribution in [0, 0.1) is 0 Å². The van der Waals surface area contributed by atoms with E-state index < -0.39 is 6.10 Å². The normalized spacial score (nSPS) is 25.3. The number of aliphatic hydroxyl groups excluding tert-OH is 1. The molecule has 1 saturated heterocycles. The van der Waals surface area contributed by atoms with Gasteiger partial charge in [-0.25, -0.2) is 4.79 Å². The highest BCUT2D eigenvalue weighted by Crippen LogP contribution is 2.47. The lowest BCUT2D eigenvalue weighted by molar-refractivity contribution is -0.142. The summed E-state index contributed by atoms with van der Waals surface area (Å²) in [6.45, 7) is 0.276. The lowest BCUT2D eigenvalue weighted by Crippen LogP contribution is -2.47. The monoisotopic (exact) mass is 479 g/mol. The zero-order valence-corrected chi connectivity index (χ0v) is 19.7. The number of anilines is 1. The van der Waals surface area contributed by atoms with Crippen LogP contribution in [0.2, 0.25) is 0 Å². The third-order valence-corrected chi connectivity index (χ3v) is 7.19. The summed E-state index contributed by atoms with van der Waals surface area (Å²) in [6.07, 6.45) is 4.01. The van der Waals surface area contributed by atoms with Crippen LogP contribution >= 0.6 is 0 Å². The molecule has 2 aliphatic heterocycles. The van der Waals surface area contributed by atoms with E-state index in [9.17, 15) is 14.7 Å². The minimum Gasteiger partial charge on any atom is -0.487 e. The Bertz CT molecular complexity index is 1040. The molecule has 0 bridgehead atoms. The Morgan fingerprint density at radius 2 is 1.86 bits per heavy atom. The highest BCUT2D eigenvalue weighted by Gasteiger charge is 2.46. The van der Waals surface area contributed by atoms with Crippen LogP contribution in [0.1, 0.15) is 55.6 Å². The highest BCUT2D eigenvalue weighted by molar-refractivity contribution is 5.89. The average molecular weight is 480 g/mol. The fraction of sp³-hybridized carbons (Fsp3) is 0.481. The number of ether oxygens (including phenoxy) is 2. The van der Waals surface area contributed by atoms with Gasteiger partial charge in [0.15, 0.2) is 0 Å². The Morgan fingerprint density at radius 1 is 1.06 bits per heavy atom. The van der Waals surface area contributed by atoms with Crippen LogP contribution < -0.4 is 20.7 Å². The number of aliphatic hydroxyl groups is 1. The molecule has 1 aliphatic carbocycles. The van der Waals surface area contributed by atoms with Gasteiger partial charge in [0.25, 0.3) is 0 Å². The van der Waals surface area contributed by atoms with Crippen LogP contribution in [0.5, 0.6) is 5.75 Å². The first-order valence-electron chi connectivity index (χ1n) is 12.5. The van der Waals surface area contributed by atoms with Gasteiger partial charge in [-0.1, -0.05) is 43.2 Å². The van der Waals surface area contributed by atoms with Crippen LogP contribution in [0.15, 0.2) is 48.5 Å². The Morgan fingerprint density at radius 3 is 2.63 bits per heavy atom. The molecule has 0 aromatic heterocycles. The second-order valence-electron chi connectivity index (χ2n) is 9.70. The molecule has 3 amide bonds. The molecule has 0 radical (unpaired) electrons. The standard InChI is InChI=1S/C27H33N3O5/c31-16-24-26-22(13-20(34-24)14-25(32)28-15-17-6-2-1-3-7-17)21-12-19(10-11-23(21)35-26)30-27(33)29-18-8-4-5-9-18/h1-3,6-7,10-12,18,20,22,24,26,31H,4-5,8-9,13-16H2,(H,28,32)(H2,29,30,33)/t20-,22+,24-,26-/m0/s1. The molecule has 3 aliphatic rings. The lowest BCUT2D eigenvalue weighted by Gasteiger charge is -2.37. The van der Waals surface area contributed by atoms with Crippen molar-refractivity contribution < 1.29 is 24.2 Å². The van der Waals surface area contributed by atoms with E-state index in [2.05, 4.69) is 16.0 Å². The first kappa shape index (κ1) is 23.6. The second kappa shape index (κ2) is 10.7. The fourth-order valence-electron chi connectivity index (χ4n) is 5.47. The van der Waals surface area contributed by atoms with Gasteiger partial charge in [-0.15, -0.1) is 0 Å². The van der Waals surface area contributed by atoms with Gasteiger partial charge in [-0.3, -0.25) is 4.79 Å². The zero-order valence-electron chi connectivity index (χ0n) is 19.7. The molecule has 2 aromatic rings. The molecule has 8 nitrogen and oxygen atoms in total. The molecule has 0 unspecified atom stereocenters. The Labute approximate surface area is 205 Å². The Hall–Kier alpha value is -3.10. The Kier molecular flexibility index (Phi) is 7.20. The van der Waals surface area contributed by atoms with Crippen LogP contribution in [0.4, 0.5) is 10.5 Å². The van der Waals surface area contributed by atoms with Crippen molar-refractivity contribution in [2.24, 2.45) is 0 Å². The number of carbonyl (C=O) groups is 2. The van der Waals surface area contributed by atoms with Gasteiger partial charge >= 0.3 is 6.03 Å². The number of urea groups is 1. The number of hydrogen-bond donors (Lipinski definition) is 4. The van der Waals surface area contributed by atoms with E-state index in [0.717, 1.165) is 42.6 Å². The van der Waals surface area contributed by atoms with Crippen LogP contribution in [0.25, 0.3) is 0 Å². The molecule has 0 spiro atoms. The molecule has 4 atom stereocenters. The average Bonchev–Trinajstić information content (AvgIpc) is 3.50. The van der Waals surface area contributed by atoms with Gasteiger partial charge in [0.2, 0.25) is 5.91 Å². The van der Waals surface area contributed by atoms with E-state index >= 15 is 0 Å². The Balaban J connectivity index is 1.22. The topological polar surface area (TPSA) is 109 Å². The van der Waals surface area contributed by atoms with Crippen molar-refractivity contribution in [2.75, 3.05) is 11.9 Å². The molecule has 1 saturated carbocycles. The van der Waals surface area contributed by atoms with Gasteiger partial charge in [-0.05, 0) is 43.0 Å². The predicted molar refractivity (Wildman–Crippen MR) is 131 cm³/mol. The summed E-state index contributed by atoms with van der Waals surface area (Å²) >= 11 is 0. The molecule has 5 rings (SSSR count). The van der Waals surface area contributed by atoms with E-state index in [1.54, 1.807) is 0 Å². The summed E-state index contributed by atoms with van der Waals surface area (Å²) in [5, 5.41) is 18.9. The highest BCUT2D eigenvalue weighted by atomic mass is 16.6. The number of amides is 3. The number of carbonyl (C=O) groups excluding carboxylic acids is 2. The maximum absolute atomic E-state index is 12.6. The predicted octanol–water partition coefficient (Wildman–Crippen LogP) is 3.45. The van der Waals surface area contributed by atoms with Crippen molar-refractivity contribution in [3.05, 3.63) is 59.7 Å². The molecule has 186 valence electrons. The van der Waals surface area contributed by atoms with Gasteiger partial charge in [0, 0.05) is 29.8 Å². The molecule has 2 aromatic carbocycles. The molecule has 35 heavy (non-hydrogen) atoms. The largest absolute Gasteiger partial charge is 0.487 e. The van der Waals surface area contributed by atoms with E-state index in [1.807, 2.05) is 48.5 Å². The van der Waals surface area contributed by atoms with Gasteiger partial charge in [0.05, 0.1) is 19.1 Å². The van der Waals surface area contributed by atoms with Crippen molar-refractivity contribution >= 4 is 17.6 Å². The maximum Gasteiger partial charge on any atom is 0.319 e. The molecule has 4 N–H and O–H groups in total. The number of rotatable bonds is 7. The number of benzene rings is 2. The number of hydrogen-bond acceptors (Lipinski definition) is 5. The van der Waals surface area contributed by atoms with Crippen LogP contribution in [-0.2, 0) is 16.1 Å². The second-order valence-corrected chi connectivity index (χ2v) is 9.70. The first-order chi connectivity index (χ1) is 17.1. The summed E-state index contributed by atoms with van der Waals surface area (Å²) in [7, 11) is 0. The van der Waals surface area contributed by atoms with Gasteiger partial charge < -0.3 is 30.5 Å². The van der Waals surface area contributed by atoms with Crippen LogP contribution in [0.3, 0.4) is 0 Å². The molecular formula is C27H33N3O5. The molecule has 8 heteroatoms. The van der Waals surface area contributed by atoms with E-state index in [-0.39, 0.29) is 49.1 Å². The van der Waals surface area contributed by atoms with Crippen molar-refractivity contribution in [1.29, 1.82) is 0 Å². The first-order valence-corrected chi connectivity index (χ1v) is 12.5. The van der Waals surface area contributed by atoms with Crippen LogP contribution in [-0.4, -0.2) is 48.0 Å². The smallest absolute Gasteiger partial charge is 0.319 e. The fourth-order valence-corrected chi connectivity index (χ4v) is 5.47. The number of fused-ring (bicyclic) bond motifs is 3. The van der Waals surface area contributed by atoms with Crippen molar-refractivity contribution in [1.82, 2.24) is 10.6 Å². The summed E-state index contributed by atoms with van der Waals surface area (Å²) in [5.41, 5.74) is 2.71. The van der Waals surface area contributed by atoms with Crippen molar-refractivity contribution in [3.8, 4) is 5.75 Å². The summed E-state index contributed by atoms with van der Waals surface area (Å²) in [6, 6.07) is 15.4. The lowest BCUT2D eigenvalue weighted by atomic mass is 9.84. The third-order valence-electron chi connectivity index (χ3n) is 7.19. The van der Waals surface area contributed by atoms with E-state index in [0.29, 0.717) is 18.7 Å². The summed E-state index contributed by atoms with van der Waals surface area (Å²) < 4.78 is 12.2. The SMILES string of the molecule is O=C(C[C@@H]1C[C@@H]2c3cc(NC(=O)NC4CCCC4)ccc3O[C@@H]2[C@H](CO)O1)NCc1ccccc1. The summed E-state index contributed by atoms with van der Waals surface area (Å²) in [5.74, 6) is 0.618. The quantitative estimate of drug-likeness (QED) is 0.486. The third kappa shape index (κ3) is 5.60. The maximum atomic E-state index is 12.6. The van der Waals surface area contributed by atoms with Gasteiger partial charge in [-0.2, -0.15) is 0 Å². The molecule has 2 fully saturated rings. The summed E-state index contributed by atoms with van der Waals surface area (Å²) in [4.78, 5) is 25.0. The van der Waals surface area contributed by atoms with Crippen molar-refractivity contribution in [2.45, 2.75) is 75.3 Å². The molecule has 2 heterocycles. The molecular weight excluding hydrogens is 446 g/mol. The minimum absolute atomic E-state index is 0.0255. The van der Waals surface area contributed by atoms with E-state index in [1.165, 1.54) is 0 Å². The zero-order chi connectivity index (χ0) is 24.2. The van der Waals surface area contributed by atoms with E-state index in [4.69, 9.17) is 9.47 Å².